The summed E-state index contributed by atoms with van der Waals surface area (Å²) in [7, 11) is 0. The van der Waals surface area contributed by atoms with Crippen LogP contribution in [0.3, 0.4) is 0 Å². The Morgan fingerprint density at radius 2 is 1.95 bits per heavy atom. The molecule has 0 radical (unpaired) electrons. The van der Waals surface area contributed by atoms with E-state index in [9.17, 15) is 13.2 Å². The van der Waals surface area contributed by atoms with Crippen LogP contribution in [-0.2, 0) is 6.18 Å². The molecule has 3 unspecified atom stereocenters. The molecule has 1 aliphatic rings. The highest BCUT2D eigenvalue weighted by Crippen LogP contribution is 2.33. The zero-order chi connectivity index (χ0) is 14.9. The van der Waals surface area contributed by atoms with E-state index >= 15 is 0 Å². The topological polar surface area (TPSA) is 63.8 Å². The number of rotatable bonds is 2. The lowest BCUT2D eigenvalue weighted by atomic mass is 9.78. The first kappa shape index (κ1) is 14.9. The molecular weight excluding hydrogens is 269 g/mol. The van der Waals surface area contributed by atoms with Gasteiger partial charge in [0.05, 0.1) is 0 Å². The lowest BCUT2D eigenvalue weighted by molar-refractivity contribution is -0.141. The summed E-state index contributed by atoms with van der Waals surface area (Å²) in [6, 6.07) is 1.04. The van der Waals surface area contributed by atoms with E-state index in [1.54, 1.807) is 0 Å². The second kappa shape index (κ2) is 5.46. The second-order valence-electron chi connectivity index (χ2n) is 5.51. The maximum Gasteiger partial charge on any atom is 0.433 e. The van der Waals surface area contributed by atoms with Gasteiger partial charge in [-0.1, -0.05) is 26.7 Å². The van der Waals surface area contributed by atoms with Crippen molar-refractivity contribution in [3.05, 3.63) is 11.8 Å². The molecule has 7 heteroatoms. The highest BCUT2D eigenvalue weighted by molar-refractivity contribution is 5.42. The van der Waals surface area contributed by atoms with Crippen molar-refractivity contribution in [1.29, 1.82) is 0 Å². The first-order chi connectivity index (χ1) is 9.27. The Balaban J connectivity index is 2.19. The molecule has 1 saturated carbocycles. The van der Waals surface area contributed by atoms with Crippen LogP contribution in [0.1, 0.15) is 38.8 Å². The quantitative estimate of drug-likeness (QED) is 0.876. The van der Waals surface area contributed by atoms with Crippen LogP contribution in [-0.4, -0.2) is 16.0 Å². The van der Waals surface area contributed by atoms with E-state index in [-0.39, 0.29) is 17.8 Å². The number of hydrogen-bond donors (Lipinski definition) is 2. The summed E-state index contributed by atoms with van der Waals surface area (Å²) in [5.41, 5.74) is 4.35. The van der Waals surface area contributed by atoms with Crippen LogP contribution in [0.25, 0.3) is 0 Å². The second-order valence-corrected chi connectivity index (χ2v) is 5.51. The molecule has 1 aromatic rings. The minimum atomic E-state index is -4.51. The molecule has 1 aliphatic carbocycles. The summed E-state index contributed by atoms with van der Waals surface area (Å²) in [6.07, 6.45) is -1.37. The van der Waals surface area contributed by atoms with Crippen molar-refractivity contribution in [2.45, 2.75) is 45.3 Å². The fraction of sp³-hybridized carbons (Fsp3) is 0.692. The van der Waals surface area contributed by atoms with E-state index in [2.05, 4.69) is 29.1 Å². The van der Waals surface area contributed by atoms with Crippen LogP contribution in [0.15, 0.2) is 6.07 Å². The summed E-state index contributed by atoms with van der Waals surface area (Å²) in [5, 5.41) is 3.08. The molecule has 4 nitrogen and oxygen atoms in total. The number of nitrogen functional groups attached to an aromatic ring is 1. The Bertz CT molecular complexity index is 475. The molecule has 0 saturated heterocycles. The molecule has 1 aromatic heterocycles. The fourth-order valence-electron chi connectivity index (χ4n) is 2.66. The van der Waals surface area contributed by atoms with Crippen molar-refractivity contribution in [2.24, 2.45) is 11.8 Å². The van der Waals surface area contributed by atoms with Crippen molar-refractivity contribution < 1.29 is 13.2 Å². The Labute approximate surface area is 116 Å². The number of halogens is 3. The molecule has 0 aliphatic heterocycles. The van der Waals surface area contributed by atoms with E-state index in [0.29, 0.717) is 11.8 Å². The van der Waals surface area contributed by atoms with E-state index in [1.165, 1.54) is 0 Å². The van der Waals surface area contributed by atoms with Crippen molar-refractivity contribution in [3.8, 4) is 0 Å². The van der Waals surface area contributed by atoms with Crippen molar-refractivity contribution in [1.82, 2.24) is 9.97 Å². The number of anilines is 2. The van der Waals surface area contributed by atoms with Crippen LogP contribution in [0.4, 0.5) is 24.9 Å². The highest BCUT2D eigenvalue weighted by atomic mass is 19.4. The van der Waals surface area contributed by atoms with Gasteiger partial charge in [-0.15, -0.1) is 0 Å². The first-order valence-corrected chi connectivity index (χ1v) is 6.75. The monoisotopic (exact) mass is 288 g/mol. The standard InChI is InChI=1S/C13H19F3N4/c1-7-4-3-5-9(8(7)2)18-11-6-10(13(14,15)16)19-12(17)20-11/h6-9H,3-5H2,1-2H3,(H3,17,18,19,20). The molecule has 1 heterocycles. The summed E-state index contributed by atoms with van der Waals surface area (Å²) in [6.45, 7) is 4.27. The third-order valence-electron chi connectivity index (χ3n) is 4.07. The van der Waals surface area contributed by atoms with Gasteiger partial charge in [-0.3, -0.25) is 0 Å². The van der Waals surface area contributed by atoms with Gasteiger partial charge >= 0.3 is 6.18 Å². The molecule has 0 aromatic carbocycles. The third kappa shape index (κ3) is 3.32. The molecule has 0 bridgehead atoms. The molecule has 0 amide bonds. The summed E-state index contributed by atoms with van der Waals surface area (Å²) in [5.74, 6) is 0.714. The van der Waals surface area contributed by atoms with Crippen molar-refractivity contribution in [3.63, 3.8) is 0 Å². The van der Waals surface area contributed by atoms with Crippen LogP contribution >= 0.6 is 0 Å². The molecule has 112 valence electrons. The number of nitrogens with zero attached hydrogens (tertiary/aromatic N) is 2. The predicted molar refractivity (Wildman–Crippen MR) is 71.0 cm³/mol. The largest absolute Gasteiger partial charge is 0.433 e. The normalized spacial score (nSPS) is 27.4. The van der Waals surface area contributed by atoms with E-state index in [4.69, 9.17) is 5.73 Å². The smallest absolute Gasteiger partial charge is 0.368 e. The maximum atomic E-state index is 12.7. The van der Waals surface area contributed by atoms with E-state index in [1.807, 2.05) is 0 Å². The summed E-state index contributed by atoms with van der Waals surface area (Å²) >= 11 is 0. The number of alkyl halides is 3. The molecule has 20 heavy (non-hydrogen) atoms. The zero-order valence-electron chi connectivity index (χ0n) is 11.5. The minimum Gasteiger partial charge on any atom is -0.368 e. The summed E-state index contributed by atoms with van der Waals surface area (Å²) < 4.78 is 38.1. The molecule has 1 fully saturated rings. The van der Waals surface area contributed by atoms with Crippen molar-refractivity contribution in [2.75, 3.05) is 11.1 Å². The molecule has 2 rings (SSSR count). The van der Waals surface area contributed by atoms with Crippen molar-refractivity contribution >= 4 is 11.8 Å². The third-order valence-corrected chi connectivity index (χ3v) is 4.07. The van der Waals surface area contributed by atoms with Gasteiger partial charge in [0, 0.05) is 12.1 Å². The van der Waals surface area contributed by atoms with Gasteiger partial charge in [-0.2, -0.15) is 18.2 Å². The molecule has 0 spiro atoms. The SMILES string of the molecule is CC1CCCC(Nc2cc(C(F)(F)F)nc(N)n2)C1C. The average molecular weight is 288 g/mol. The maximum absolute atomic E-state index is 12.7. The molecule has 3 N–H and O–H groups in total. The van der Waals surface area contributed by atoms with Gasteiger partial charge in [0.25, 0.3) is 0 Å². The Morgan fingerprint density at radius 3 is 2.60 bits per heavy atom. The van der Waals surface area contributed by atoms with Crippen LogP contribution in [0.2, 0.25) is 0 Å². The van der Waals surface area contributed by atoms with Gasteiger partial charge in [0.1, 0.15) is 5.82 Å². The number of nitrogens with one attached hydrogen (secondary N) is 1. The Hall–Kier alpha value is -1.53. The molecular formula is C13H19F3N4. The first-order valence-electron chi connectivity index (χ1n) is 6.75. The fourth-order valence-corrected chi connectivity index (χ4v) is 2.66. The minimum absolute atomic E-state index is 0.120. The van der Waals surface area contributed by atoms with Gasteiger partial charge < -0.3 is 11.1 Å². The zero-order valence-corrected chi connectivity index (χ0v) is 11.5. The van der Waals surface area contributed by atoms with Gasteiger partial charge in [-0.05, 0) is 18.3 Å². The van der Waals surface area contributed by atoms with Gasteiger partial charge in [-0.25, -0.2) is 4.98 Å². The Morgan fingerprint density at radius 1 is 1.25 bits per heavy atom. The van der Waals surface area contributed by atoms with Gasteiger partial charge in [0.2, 0.25) is 5.95 Å². The number of aromatic nitrogens is 2. The van der Waals surface area contributed by atoms with Crippen LogP contribution in [0, 0.1) is 11.8 Å². The molecule has 3 atom stereocenters. The lowest BCUT2D eigenvalue weighted by Gasteiger charge is -2.35. The highest BCUT2D eigenvalue weighted by Gasteiger charge is 2.34. The lowest BCUT2D eigenvalue weighted by Crippen LogP contribution is -2.35. The van der Waals surface area contributed by atoms with Crippen LogP contribution in [0.5, 0.6) is 0 Å². The van der Waals surface area contributed by atoms with E-state index < -0.39 is 11.9 Å². The van der Waals surface area contributed by atoms with Gasteiger partial charge in [0.15, 0.2) is 5.69 Å². The van der Waals surface area contributed by atoms with Crippen LogP contribution < -0.4 is 11.1 Å². The van der Waals surface area contributed by atoms with E-state index in [0.717, 1.165) is 25.3 Å². The Kier molecular flexibility index (Phi) is 4.06. The average Bonchev–Trinajstić information content (AvgIpc) is 2.33. The number of nitrogens with two attached hydrogens (primary N) is 1. The number of hydrogen-bond acceptors (Lipinski definition) is 4. The predicted octanol–water partition coefficient (Wildman–Crippen LogP) is 3.31. The summed E-state index contributed by atoms with van der Waals surface area (Å²) in [4.78, 5) is 7.09.